The molecule has 1 aliphatic heterocycles. The molecule has 1 atom stereocenters. The molecule has 1 N–H and O–H groups in total. The summed E-state index contributed by atoms with van der Waals surface area (Å²) in [6.45, 7) is 3.65. The average molecular weight is 291 g/mol. The fourth-order valence-corrected chi connectivity index (χ4v) is 2.75. The number of carbonyl (C=O) groups is 1. The number of amides is 1. The lowest BCUT2D eigenvalue weighted by atomic mass is 10.0. The Kier molecular flexibility index (Phi) is 4.90. The second-order valence-electron chi connectivity index (χ2n) is 5.51. The quantitative estimate of drug-likeness (QED) is 0.683. The minimum absolute atomic E-state index is 0.0189. The van der Waals surface area contributed by atoms with Crippen molar-refractivity contribution in [1.29, 1.82) is 0 Å². The van der Waals surface area contributed by atoms with Gasteiger partial charge in [-0.25, -0.2) is 0 Å². The van der Waals surface area contributed by atoms with Gasteiger partial charge in [-0.1, -0.05) is 0 Å². The number of hydrogen-bond donors (Lipinski definition) is 1. The summed E-state index contributed by atoms with van der Waals surface area (Å²) in [7, 11) is 1.82. The highest BCUT2D eigenvalue weighted by Gasteiger charge is 2.23. The SMILES string of the molecule is Cc1cc([N+](=O)[O-])ccc1C(=O)N(C)C1CCCNCC1. The fraction of sp³-hybridized carbons (Fsp3) is 0.533. The summed E-state index contributed by atoms with van der Waals surface area (Å²) >= 11 is 0. The molecule has 0 saturated carbocycles. The lowest BCUT2D eigenvalue weighted by molar-refractivity contribution is -0.384. The van der Waals surface area contributed by atoms with Gasteiger partial charge in [0, 0.05) is 30.8 Å². The van der Waals surface area contributed by atoms with Gasteiger partial charge in [0.25, 0.3) is 11.6 Å². The van der Waals surface area contributed by atoms with Crippen LogP contribution in [0.2, 0.25) is 0 Å². The summed E-state index contributed by atoms with van der Waals surface area (Å²) < 4.78 is 0. The Hall–Kier alpha value is -1.95. The lowest BCUT2D eigenvalue weighted by Gasteiger charge is -2.27. The predicted molar refractivity (Wildman–Crippen MR) is 80.4 cm³/mol. The molecule has 114 valence electrons. The van der Waals surface area contributed by atoms with Gasteiger partial charge in [-0.3, -0.25) is 14.9 Å². The molecule has 1 saturated heterocycles. The number of carbonyl (C=O) groups excluding carboxylic acids is 1. The van der Waals surface area contributed by atoms with Crippen molar-refractivity contribution < 1.29 is 9.72 Å². The van der Waals surface area contributed by atoms with Gasteiger partial charge in [-0.2, -0.15) is 0 Å². The molecule has 1 amide bonds. The van der Waals surface area contributed by atoms with E-state index in [9.17, 15) is 14.9 Å². The van der Waals surface area contributed by atoms with Gasteiger partial charge < -0.3 is 10.2 Å². The molecule has 21 heavy (non-hydrogen) atoms. The van der Waals surface area contributed by atoms with E-state index < -0.39 is 4.92 Å². The Labute approximate surface area is 124 Å². The summed E-state index contributed by atoms with van der Waals surface area (Å²) in [5, 5.41) is 14.1. The lowest BCUT2D eigenvalue weighted by Crippen LogP contribution is -2.37. The van der Waals surface area contributed by atoms with E-state index in [1.807, 2.05) is 7.05 Å². The number of hydrogen-bond acceptors (Lipinski definition) is 4. The molecule has 0 radical (unpaired) electrons. The second kappa shape index (κ2) is 6.67. The number of nitro benzene ring substituents is 1. The maximum atomic E-state index is 12.6. The highest BCUT2D eigenvalue weighted by molar-refractivity contribution is 5.96. The summed E-state index contributed by atoms with van der Waals surface area (Å²) in [6, 6.07) is 4.63. The molecular weight excluding hydrogens is 270 g/mol. The Balaban J connectivity index is 2.16. The van der Waals surface area contributed by atoms with Crippen molar-refractivity contribution in [2.24, 2.45) is 0 Å². The molecular formula is C15H21N3O3. The van der Waals surface area contributed by atoms with Crippen LogP contribution in [0.1, 0.15) is 35.2 Å². The van der Waals surface area contributed by atoms with Crippen LogP contribution in [0.5, 0.6) is 0 Å². The van der Waals surface area contributed by atoms with E-state index >= 15 is 0 Å². The van der Waals surface area contributed by atoms with E-state index in [1.54, 1.807) is 17.9 Å². The topological polar surface area (TPSA) is 75.5 Å². The summed E-state index contributed by atoms with van der Waals surface area (Å²) in [5.74, 6) is -0.0608. The standard InChI is InChI=1S/C15H21N3O3/c1-11-10-13(18(20)21)5-6-14(11)15(19)17(2)12-4-3-8-16-9-7-12/h5-6,10,12,16H,3-4,7-9H2,1-2H3. The predicted octanol–water partition coefficient (Wildman–Crippen LogP) is 2.12. The number of nitrogens with zero attached hydrogens (tertiary/aromatic N) is 2. The smallest absolute Gasteiger partial charge is 0.269 e. The molecule has 1 aromatic rings. The van der Waals surface area contributed by atoms with Gasteiger partial charge in [0.05, 0.1) is 4.92 Å². The van der Waals surface area contributed by atoms with Crippen LogP contribution < -0.4 is 5.32 Å². The van der Waals surface area contributed by atoms with Crippen molar-refractivity contribution >= 4 is 11.6 Å². The van der Waals surface area contributed by atoms with Crippen molar-refractivity contribution in [3.8, 4) is 0 Å². The first-order valence-electron chi connectivity index (χ1n) is 7.23. The number of aryl methyl sites for hydroxylation is 1. The number of nitrogens with one attached hydrogen (secondary N) is 1. The summed E-state index contributed by atoms with van der Waals surface area (Å²) in [5.41, 5.74) is 1.21. The summed E-state index contributed by atoms with van der Waals surface area (Å²) in [4.78, 5) is 24.7. The van der Waals surface area contributed by atoms with Gasteiger partial charge in [0.2, 0.25) is 0 Å². The average Bonchev–Trinajstić information content (AvgIpc) is 2.74. The van der Waals surface area contributed by atoms with E-state index in [-0.39, 0.29) is 17.6 Å². The zero-order valence-corrected chi connectivity index (χ0v) is 12.5. The molecule has 0 bridgehead atoms. The van der Waals surface area contributed by atoms with Crippen LogP contribution >= 0.6 is 0 Å². The van der Waals surface area contributed by atoms with Crippen LogP contribution in [0.25, 0.3) is 0 Å². The maximum absolute atomic E-state index is 12.6. The molecule has 1 aliphatic rings. The van der Waals surface area contributed by atoms with Crippen LogP contribution in [0.4, 0.5) is 5.69 Å². The molecule has 2 rings (SSSR count). The molecule has 1 aromatic carbocycles. The van der Waals surface area contributed by atoms with Crippen LogP contribution in [-0.4, -0.2) is 41.9 Å². The normalized spacial score (nSPS) is 18.9. The first-order chi connectivity index (χ1) is 10.0. The van der Waals surface area contributed by atoms with E-state index in [2.05, 4.69) is 5.32 Å². The number of benzene rings is 1. The monoisotopic (exact) mass is 291 g/mol. The molecule has 6 heteroatoms. The number of non-ortho nitro benzene ring substituents is 1. The van der Waals surface area contributed by atoms with Crippen LogP contribution in [0.15, 0.2) is 18.2 Å². The van der Waals surface area contributed by atoms with Crippen molar-refractivity contribution in [3.05, 3.63) is 39.4 Å². The molecule has 1 unspecified atom stereocenters. The highest BCUT2D eigenvalue weighted by atomic mass is 16.6. The van der Waals surface area contributed by atoms with E-state index in [0.717, 1.165) is 32.4 Å². The van der Waals surface area contributed by atoms with Crippen molar-refractivity contribution in [3.63, 3.8) is 0 Å². The number of nitro groups is 1. The molecule has 0 aromatic heterocycles. The number of rotatable bonds is 3. The zero-order valence-electron chi connectivity index (χ0n) is 12.5. The van der Waals surface area contributed by atoms with E-state index in [1.165, 1.54) is 12.1 Å². The Morgan fingerprint density at radius 1 is 1.38 bits per heavy atom. The molecule has 6 nitrogen and oxygen atoms in total. The third-order valence-electron chi connectivity index (χ3n) is 4.06. The van der Waals surface area contributed by atoms with Gasteiger partial charge in [0.15, 0.2) is 0 Å². The highest BCUT2D eigenvalue weighted by Crippen LogP contribution is 2.21. The van der Waals surface area contributed by atoms with Gasteiger partial charge in [-0.05, 0) is 50.9 Å². The van der Waals surface area contributed by atoms with Gasteiger partial charge >= 0.3 is 0 Å². The Bertz CT molecular complexity index is 537. The third-order valence-corrected chi connectivity index (χ3v) is 4.06. The third kappa shape index (κ3) is 3.58. The second-order valence-corrected chi connectivity index (χ2v) is 5.51. The molecule has 1 heterocycles. The Morgan fingerprint density at radius 2 is 2.14 bits per heavy atom. The van der Waals surface area contributed by atoms with Crippen molar-refractivity contribution in [2.75, 3.05) is 20.1 Å². The fourth-order valence-electron chi connectivity index (χ4n) is 2.75. The summed E-state index contributed by atoms with van der Waals surface area (Å²) in [6.07, 6.45) is 2.98. The molecule has 0 spiro atoms. The zero-order chi connectivity index (χ0) is 15.4. The van der Waals surface area contributed by atoms with Crippen molar-refractivity contribution in [2.45, 2.75) is 32.2 Å². The van der Waals surface area contributed by atoms with E-state index in [4.69, 9.17) is 0 Å². The maximum Gasteiger partial charge on any atom is 0.269 e. The largest absolute Gasteiger partial charge is 0.339 e. The van der Waals surface area contributed by atoms with Gasteiger partial charge in [-0.15, -0.1) is 0 Å². The first kappa shape index (κ1) is 15.4. The van der Waals surface area contributed by atoms with Crippen LogP contribution in [0, 0.1) is 17.0 Å². The van der Waals surface area contributed by atoms with Gasteiger partial charge in [0.1, 0.15) is 0 Å². The van der Waals surface area contributed by atoms with Crippen LogP contribution in [0.3, 0.4) is 0 Å². The molecule has 0 aliphatic carbocycles. The molecule has 1 fully saturated rings. The van der Waals surface area contributed by atoms with Crippen LogP contribution in [-0.2, 0) is 0 Å². The van der Waals surface area contributed by atoms with Crippen molar-refractivity contribution in [1.82, 2.24) is 10.2 Å². The minimum Gasteiger partial charge on any atom is -0.339 e. The minimum atomic E-state index is -0.443. The first-order valence-corrected chi connectivity index (χ1v) is 7.23. The van der Waals surface area contributed by atoms with E-state index in [0.29, 0.717) is 11.1 Å². The Morgan fingerprint density at radius 3 is 2.81 bits per heavy atom.